The van der Waals surface area contributed by atoms with Crippen LogP contribution in [0.4, 0.5) is 0 Å². The lowest BCUT2D eigenvalue weighted by atomic mass is 10.1. The van der Waals surface area contributed by atoms with Crippen LogP contribution in [0.15, 0.2) is 34.1 Å². The molecular formula is C15H16N2OS. The van der Waals surface area contributed by atoms with Crippen LogP contribution in [0.1, 0.15) is 28.8 Å². The third kappa shape index (κ3) is 2.59. The second kappa shape index (κ2) is 5.21. The van der Waals surface area contributed by atoms with E-state index in [1.165, 1.54) is 16.7 Å². The number of benzene rings is 1. The van der Waals surface area contributed by atoms with E-state index in [1.807, 2.05) is 6.07 Å². The van der Waals surface area contributed by atoms with Gasteiger partial charge in [0.1, 0.15) is 5.03 Å². The molecule has 3 rings (SSSR count). The predicted molar refractivity (Wildman–Crippen MR) is 77.6 cm³/mol. The summed E-state index contributed by atoms with van der Waals surface area (Å²) in [6, 6.07) is 8.35. The molecule has 3 nitrogen and oxygen atoms in total. The normalized spacial score (nSPS) is 13.5. The standard InChI is InChI=1S/C15H16N2OS/c1-10-5-2-3-6-11(10)9-19-14-12-7-4-8-13(12)16-15(18)17-14/h2-3,5-6H,4,7-9H2,1H3,(H,16,17,18). The van der Waals surface area contributed by atoms with E-state index in [9.17, 15) is 4.79 Å². The summed E-state index contributed by atoms with van der Waals surface area (Å²) in [4.78, 5) is 18.5. The van der Waals surface area contributed by atoms with E-state index in [0.717, 1.165) is 35.7 Å². The van der Waals surface area contributed by atoms with E-state index in [1.54, 1.807) is 11.8 Å². The fourth-order valence-corrected chi connectivity index (χ4v) is 3.64. The molecule has 1 aliphatic rings. The van der Waals surface area contributed by atoms with Crippen LogP contribution in [-0.4, -0.2) is 9.97 Å². The van der Waals surface area contributed by atoms with Crippen LogP contribution in [-0.2, 0) is 18.6 Å². The lowest BCUT2D eigenvalue weighted by Crippen LogP contribution is -2.14. The van der Waals surface area contributed by atoms with Gasteiger partial charge >= 0.3 is 5.69 Å². The highest BCUT2D eigenvalue weighted by Gasteiger charge is 2.18. The Morgan fingerprint density at radius 1 is 1.32 bits per heavy atom. The molecule has 0 radical (unpaired) electrons. The number of aromatic amines is 1. The van der Waals surface area contributed by atoms with Crippen molar-refractivity contribution in [2.45, 2.75) is 37.0 Å². The van der Waals surface area contributed by atoms with Gasteiger partial charge in [-0.1, -0.05) is 24.3 Å². The first-order valence-electron chi connectivity index (χ1n) is 6.53. The average Bonchev–Trinajstić information content (AvgIpc) is 2.85. The number of hydrogen-bond acceptors (Lipinski definition) is 3. The Bertz CT molecular complexity index is 663. The van der Waals surface area contributed by atoms with Gasteiger partial charge in [-0.3, -0.25) is 0 Å². The van der Waals surface area contributed by atoms with E-state index in [-0.39, 0.29) is 5.69 Å². The highest BCUT2D eigenvalue weighted by atomic mass is 32.2. The molecule has 98 valence electrons. The maximum Gasteiger partial charge on any atom is 0.346 e. The second-order valence-electron chi connectivity index (χ2n) is 4.87. The number of nitrogens with one attached hydrogen (secondary N) is 1. The minimum Gasteiger partial charge on any atom is -0.309 e. The third-order valence-corrected chi connectivity index (χ3v) is 4.63. The number of nitrogens with zero attached hydrogens (tertiary/aromatic N) is 1. The van der Waals surface area contributed by atoms with Crippen molar-refractivity contribution >= 4 is 11.8 Å². The zero-order chi connectivity index (χ0) is 13.2. The van der Waals surface area contributed by atoms with Gasteiger partial charge in [-0.05, 0) is 37.3 Å². The highest BCUT2D eigenvalue weighted by molar-refractivity contribution is 7.98. The molecule has 0 saturated heterocycles. The summed E-state index contributed by atoms with van der Waals surface area (Å²) in [6.07, 6.45) is 3.13. The number of fused-ring (bicyclic) bond motifs is 1. The Morgan fingerprint density at radius 2 is 2.16 bits per heavy atom. The SMILES string of the molecule is Cc1ccccc1CSc1nc(=O)[nH]c2c1CCC2. The quantitative estimate of drug-likeness (QED) is 0.690. The summed E-state index contributed by atoms with van der Waals surface area (Å²) in [5, 5.41) is 0.916. The van der Waals surface area contributed by atoms with Crippen molar-refractivity contribution < 1.29 is 0 Å². The lowest BCUT2D eigenvalue weighted by Gasteiger charge is -2.08. The molecule has 1 N–H and O–H groups in total. The molecular weight excluding hydrogens is 256 g/mol. The Morgan fingerprint density at radius 3 is 3.00 bits per heavy atom. The number of thioether (sulfide) groups is 1. The van der Waals surface area contributed by atoms with Crippen molar-refractivity contribution in [2.75, 3.05) is 0 Å². The summed E-state index contributed by atoms with van der Waals surface area (Å²) in [5.41, 5.74) is 4.72. The Labute approximate surface area is 116 Å². The van der Waals surface area contributed by atoms with Gasteiger partial charge in [0, 0.05) is 17.0 Å². The van der Waals surface area contributed by atoms with Crippen molar-refractivity contribution in [3.8, 4) is 0 Å². The van der Waals surface area contributed by atoms with Crippen molar-refractivity contribution in [1.29, 1.82) is 0 Å². The van der Waals surface area contributed by atoms with Gasteiger partial charge in [-0.25, -0.2) is 4.79 Å². The lowest BCUT2D eigenvalue weighted by molar-refractivity contribution is 0.895. The fraction of sp³-hybridized carbons (Fsp3) is 0.333. The first-order chi connectivity index (χ1) is 9.24. The minimum atomic E-state index is -0.215. The Balaban J connectivity index is 1.85. The van der Waals surface area contributed by atoms with Crippen LogP contribution in [0.2, 0.25) is 0 Å². The minimum absolute atomic E-state index is 0.215. The van der Waals surface area contributed by atoms with E-state index in [2.05, 4.69) is 35.1 Å². The molecule has 2 aromatic rings. The van der Waals surface area contributed by atoms with Crippen molar-refractivity contribution in [3.05, 3.63) is 57.1 Å². The fourth-order valence-electron chi connectivity index (χ4n) is 2.47. The molecule has 0 aliphatic heterocycles. The zero-order valence-electron chi connectivity index (χ0n) is 10.9. The summed E-state index contributed by atoms with van der Waals surface area (Å²) in [7, 11) is 0. The molecule has 1 aromatic heterocycles. The van der Waals surface area contributed by atoms with Crippen LogP contribution in [0, 0.1) is 6.92 Å². The van der Waals surface area contributed by atoms with Gasteiger partial charge in [-0.15, -0.1) is 11.8 Å². The van der Waals surface area contributed by atoms with Gasteiger partial charge in [-0.2, -0.15) is 4.98 Å². The first kappa shape index (κ1) is 12.5. The van der Waals surface area contributed by atoms with E-state index >= 15 is 0 Å². The Kier molecular flexibility index (Phi) is 3.42. The molecule has 19 heavy (non-hydrogen) atoms. The van der Waals surface area contributed by atoms with Crippen LogP contribution < -0.4 is 5.69 Å². The smallest absolute Gasteiger partial charge is 0.309 e. The van der Waals surface area contributed by atoms with Gasteiger partial charge in [0.15, 0.2) is 0 Å². The maximum atomic E-state index is 11.5. The number of H-pyrrole nitrogens is 1. The zero-order valence-corrected chi connectivity index (χ0v) is 11.7. The van der Waals surface area contributed by atoms with Crippen molar-refractivity contribution in [3.63, 3.8) is 0 Å². The molecule has 0 saturated carbocycles. The number of rotatable bonds is 3. The second-order valence-corrected chi connectivity index (χ2v) is 5.84. The molecule has 0 spiro atoms. The molecule has 1 aromatic carbocycles. The summed E-state index contributed by atoms with van der Waals surface area (Å²) in [5.74, 6) is 0.871. The van der Waals surface area contributed by atoms with Crippen molar-refractivity contribution in [1.82, 2.24) is 9.97 Å². The van der Waals surface area contributed by atoms with Crippen LogP contribution in [0.5, 0.6) is 0 Å². The molecule has 0 atom stereocenters. The summed E-state index contributed by atoms with van der Waals surface area (Å²) in [6.45, 7) is 2.12. The van der Waals surface area contributed by atoms with Crippen molar-refractivity contribution in [2.24, 2.45) is 0 Å². The predicted octanol–water partition coefficient (Wildman–Crippen LogP) is 2.86. The topological polar surface area (TPSA) is 45.8 Å². The van der Waals surface area contributed by atoms with Crippen LogP contribution in [0.25, 0.3) is 0 Å². The van der Waals surface area contributed by atoms with E-state index in [0.29, 0.717) is 0 Å². The molecule has 0 unspecified atom stereocenters. The highest BCUT2D eigenvalue weighted by Crippen LogP contribution is 2.30. The number of hydrogen-bond donors (Lipinski definition) is 1. The van der Waals surface area contributed by atoms with E-state index < -0.39 is 0 Å². The maximum absolute atomic E-state index is 11.5. The van der Waals surface area contributed by atoms with Crippen LogP contribution in [0.3, 0.4) is 0 Å². The summed E-state index contributed by atoms with van der Waals surface area (Å²) < 4.78 is 0. The average molecular weight is 272 g/mol. The molecule has 0 fully saturated rings. The molecule has 0 bridgehead atoms. The first-order valence-corrected chi connectivity index (χ1v) is 7.52. The third-order valence-electron chi connectivity index (χ3n) is 3.56. The summed E-state index contributed by atoms with van der Waals surface area (Å²) >= 11 is 1.68. The van der Waals surface area contributed by atoms with Gasteiger partial charge in [0.25, 0.3) is 0 Å². The van der Waals surface area contributed by atoms with Gasteiger partial charge in [0.05, 0.1) is 0 Å². The van der Waals surface area contributed by atoms with Gasteiger partial charge < -0.3 is 4.98 Å². The number of aryl methyl sites for hydroxylation is 2. The molecule has 1 aliphatic carbocycles. The Hall–Kier alpha value is -1.55. The largest absolute Gasteiger partial charge is 0.346 e. The van der Waals surface area contributed by atoms with Crippen LogP contribution >= 0.6 is 11.8 Å². The molecule has 0 amide bonds. The molecule has 4 heteroatoms. The number of aromatic nitrogens is 2. The van der Waals surface area contributed by atoms with E-state index in [4.69, 9.17) is 0 Å². The monoisotopic (exact) mass is 272 g/mol. The molecule has 1 heterocycles. The van der Waals surface area contributed by atoms with Gasteiger partial charge in [0.2, 0.25) is 0 Å².